The lowest BCUT2D eigenvalue weighted by Crippen LogP contribution is -2.49. The van der Waals surface area contributed by atoms with Gasteiger partial charge in [0.05, 0.1) is 10.9 Å². The van der Waals surface area contributed by atoms with Crippen molar-refractivity contribution in [1.82, 2.24) is 9.66 Å². The van der Waals surface area contributed by atoms with Crippen LogP contribution in [0.1, 0.15) is 11.1 Å². The predicted octanol–water partition coefficient (Wildman–Crippen LogP) is 5.89. The second-order valence-electron chi connectivity index (χ2n) is 9.60. The smallest absolute Gasteiger partial charge is 0.297 e. The van der Waals surface area contributed by atoms with Crippen LogP contribution in [0.5, 0.6) is 5.75 Å². The monoisotopic (exact) mass is 534 g/mol. The molecule has 7 nitrogen and oxygen atoms in total. The van der Waals surface area contributed by atoms with Crippen LogP contribution in [0.2, 0.25) is 0 Å². The zero-order chi connectivity index (χ0) is 27.9. The zero-order valence-corrected chi connectivity index (χ0v) is 21.7. The van der Waals surface area contributed by atoms with Gasteiger partial charge in [0.15, 0.2) is 11.7 Å². The van der Waals surface area contributed by atoms with Gasteiger partial charge in [0.2, 0.25) is 0 Å². The van der Waals surface area contributed by atoms with Crippen LogP contribution in [0.3, 0.4) is 0 Å². The summed E-state index contributed by atoms with van der Waals surface area (Å²) in [6.45, 7) is 0. The van der Waals surface area contributed by atoms with E-state index < -0.39 is 11.5 Å². The number of phenols is 1. The van der Waals surface area contributed by atoms with Crippen LogP contribution in [0.15, 0.2) is 137 Å². The molecule has 41 heavy (non-hydrogen) atoms. The molecule has 0 unspecified atom stereocenters. The lowest BCUT2D eigenvalue weighted by Gasteiger charge is -2.23. The van der Waals surface area contributed by atoms with Gasteiger partial charge in [-0.25, -0.2) is 9.98 Å². The standard InChI is InChI=1S/C34H22N4O3/c39-30-20-19-22-11-7-8-16-25(22)27(30)21-29-34(41)38(32(36-29)24-14-5-2-6-15-24)37-31(23-12-3-1-4-13-23)35-28-18-10-9-17-26(28)33(37)40/h1-21,39H/b29-21+. The van der Waals surface area contributed by atoms with Crippen LogP contribution in [0.25, 0.3) is 39.1 Å². The minimum Gasteiger partial charge on any atom is -0.507 e. The lowest BCUT2D eigenvalue weighted by molar-refractivity contribution is -0.115. The summed E-state index contributed by atoms with van der Waals surface area (Å²) in [5, 5.41) is 14.1. The second-order valence-corrected chi connectivity index (χ2v) is 9.60. The highest BCUT2D eigenvalue weighted by Crippen LogP contribution is 2.32. The Kier molecular flexibility index (Phi) is 5.75. The lowest BCUT2D eigenvalue weighted by atomic mass is 10.0. The van der Waals surface area contributed by atoms with Crippen molar-refractivity contribution >= 4 is 39.5 Å². The number of aliphatic imine (C=N–C) groups is 1. The normalized spacial score (nSPS) is 14.2. The number of amidine groups is 1. The van der Waals surface area contributed by atoms with Gasteiger partial charge in [-0.3, -0.25) is 9.59 Å². The number of carbonyl (C=O) groups is 1. The number of fused-ring (bicyclic) bond motifs is 2. The molecule has 0 atom stereocenters. The van der Waals surface area contributed by atoms with Gasteiger partial charge in [-0.15, -0.1) is 0 Å². The van der Waals surface area contributed by atoms with Crippen LogP contribution < -0.4 is 10.6 Å². The van der Waals surface area contributed by atoms with Crippen molar-refractivity contribution in [3.05, 3.63) is 149 Å². The van der Waals surface area contributed by atoms with Crippen molar-refractivity contribution in [2.75, 3.05) is 5.01 Å². The highest BCUT2D eigenvalue weighted by molar-refractivity contribution is 6.29. The van der Waals surface area contributed by atoms with Crippen molar-refractivity contribution in [3.63, 3.8) is 0 Å². The van der Waals surface area contributed by atoms with Crippen LogP contribution in [0.4, 0.5) is 0 Å². The largest absolute Gasteiger partial charge is 0.507 e. The molecule has 2 heterocycles. The fourth-order valence-corrected chi connectivity index (χ4v) is 5.12. The van der Waals surface area contributed by atoms with Gasteiger partial charge in [0, 0.05) is 16.7 Å². The summed E-state index contributed by atoms with van der Waals surface area (Å²) in [7, 11) is 0. The first-order chi connectivity index (χ1) is 20.1. The average molecular weight is 535 g/mol. The second kappa shape index (κ2) is 9.73. The van der Waals surface area contributed by atoms with Gasteiger partial charge >= 0.3 is 0 Å². The molecule has 0 radical (unpaired) electrons. The SMILES string of the molecule is O=C1/C(=C\c2c(O)ccc3ccccc23)N=C(c2ccccc2)N1n1c(-c2ccccc2)nc2ccccc2c1=O. The first kappa shape index (κ1) is 24.2. The molecule has 1 aliphatic heterocycles. The fourth-order valence-electron chi connectivity index (χ4n) is 5.12. The van der Waals surface area contributed by atoms with E-state index in [4.69, 9.17) is 9.98 Å². The molecule has 0 saturated carbocycles. The molecule has 0 aliphatic carbocycles. The summed E-state index contributed by atoms with van der Waals surface area (Å²) in [5.41, 5.74) is 1.98. The molecule has 0 saturated heterocycles. The number of rotatable bonds is 4. The molecule has 1 aliphatic rings. The van der Waals surface area contributed by atoms with E-state index in [1.165, 1.54) is 9.69 Å². The van der Waals surface area contributed by atoms with E-state index in [-0.39, 0.29) is 17.3 Å². The first-order valence-electron chi connectivity index (χ1n) is 13.1. The Morgan fingerprint density at radius 2 is 1.29 bits per heavy atom. The molecule has 6 aromatic rings. The maximum atomic E-state index is 14.3. The molecule has 0 bridgehead atoms. The Morgan fingerprint density at radius 1 is 0.659 bits per heavy atom. The summed E-state index contributed by atoms with van der Waals surface area (Å²) in [6, 6.07) is 36.6. The summed E-state index contributed by atoms with van der Waals surface area (Å²) >= 11 is 0. The maximum absolute atomic E-state index is 14.3. The van der Waals surface area contributed by atoms with Crippen molar-refractivity contribution in [3.8, 4) is 17.1 Å². The summed E-state index contributed by atoms with van der Waals surface area (Å²) < 4.78 is 1.30. The van der Waals surface area contributed by atoms with E-state index in [2.05, 4.69) is 0 Å². The Labute approximate surface area is 234 Å². The van der Waals surface area contributed by atoms with E-state index in [1.54, 1.807) is 30.3 Å². The number of hydrogen-bond donors (Lipinski definition) is 1. The molecule has 1 aromatic heterocycles. The Hall–Kier alpha value is -5.82. The molecule has 1 N–H and O–H groups in total. The Bertz CT molecular complexity index is 2100. The molecule has 0 spiro atoms. The Morgan fingerprint density at radius 3 is 2.05 bits per heavy atom. The third-order valence-electron chi connectivity index (χ3n) is 7.08. The van der Waals surface area contributed by atoms with Crippen molar-refractivity contribution in [1.29, 1.82) is 0 Å². The highest BCUT2D eigenvalue weighted by atomic mass is 16.3. The van der Waals surface area contributed by atoms with E-state index in [9.17, 15) is 14.7 Å². The quantitative estimate of drug-likeness (QED) is 0.286. The number of aromatic nitrogens is 2. The maximum Gasteiger partial charge on any atom is 0.297 e. The molecule has 196 valence electrons. The molecule has 0 fully saturated rings. The Balaban J connectivity index is 1.51. The van der Waals surface area contributed by atoms with Crippen molar-refractivity contribution in [2.24, 2.45) is 4.99 Å². The average Bonchev–Trinajstić information content (AvgIpc) is 3.34. The number of carbonyl (C=O) groups excluding carboxylic acids is 1. The minimum atomic E-state index is -0.521. The summed E-state index contributed by atoms with van der Waals surface area (Å²) in [6.07, 6.45) is 1.57. The third-order valence-corrected chi connectivity index (χ3v) is 7.08. The number of benzene rings is 5. The van der Waals surface area contributed by atoms with Gasteiger partial charge in [0.25, 0.3) is 11.5 Å². The van der Waals surface area contributed by atoms with Gasteiger partial charge in [-0.2, -0.15) is 9.69 Å². The van der Waals surface area contributed by atoms with E-state index in [1.807, 2.05) is 97.1 Å². The number of nitrogens with zero attached hydrogens (tertiary/aromatic N) is 4. The predicted molar refractivity (Wildman–Crippen MR) is 161 cm³/mol. The molecular weight excluding hydrogens is 512 g/mol. The number of para-hydroxylation sites is 1. The molecule has 7 heteroatoms. The van der Waals surface area contributed by atoms with Gasteiger partial charge in [-0.1, -0.05) is 103 Å². The van der Waals surface area contributed by atoms with Crippen molar-refractivity contribution < 1.29 is 9.90 Å². The number of amides is 1. The van der Waals surface area contributed by atoms with Crippen molar-refractivity contribution in [2.45, 2.75) is 0 Å². The number of hydrogen-bond acceptors (Lipinski definition) is 5. The van der Waals surface area contributed by atoms with E-state index in [0.29, 0.717) is 33.4 Å². The van der Waals surface area contributed by atoms with Gasteiger partial charge in [0.1, 0.15) is 11.4 Å². The zero-order valence-electron chi connectivity index (χ0n) is 21.7. The van der Waals surface area contributed by atoms with E-state index in [0.717, 1.165) is 10.8 Å². The van der Waals surface area contributed by atoms with Crippen LogP contribution in [-0.4, -0.2) is 26.5 Å². The number of phenolic OH excluding ortho intramolecular Hbond substituents is 1. The summed E-state index contributed by atoms with van der Waals surface area (Å²) in [5.74, 6) is 0.0828. The van der Waals surface area contributed by atoms with Crippen LogP contribution in [0, 0.1) is 0 Å². The highest BCUT2D eigenvalue weighted by Gasteiger charge is 2.36. The van der Waals surface area contributed by atoms with Crippen LogP contribution in [-0.2, 0) is 4.79 Å². The minimum absolute atomic E-state index is 0.0217. The summed E-state index contributed by atoms with van der Waals surface area (Å²) in [4.78, 5) is 38.0. The molecule has 1 amide bonds. The van der Waals surface area contributed by atoms with Crippen LogP contribution >= 0.6 is 0 Å². The third kappa shape index (κ3) is 4.08. The van der Waals surface area contributed by atoms with Gasteiger partial charge in [-0.05, 0) is 35.0 Å². The van der Waals surface area contributed by atoms with E-state index >= 15 is 0 Å². The van der Waals surface area contributed by atoms with Gasteiger partial charge < -0.3 is 5.11 Å². The molecule has 5 aromatic carbocycles. The molecule has 7 rings (SSSR count). The first-order valence-corrected chi connectivity index (χ1v) is 13.1. The fraction of sp³-hybridized carbons (Fsp3) is 0. The number of aromatic hydroxyl groups is 1. The topological polar surface area (TPSA) is 87.8 Å². The molecular formula is C34H22N4O3.